The molecule has 2 aromatic rings. The lowest BCUT2D eigenvalue weighted by molar-refractivity contribution is 0.381. The lowest BCUT2D eigenvalue weighted by atomic mass is 10.2. The fourth-order valence-corrected chi connectivity index (χ4v) is 1.50. The van der Waals surface area contributed by atoms with Crippen LogP contribution in [0.3, 0.4) is 0 Å². The molecule has 1 aromatic carbocycles. The van der Waals surface area contributed by atoms with Gasteiger partial charge in [-0.25, -0.2) is 26.9 Å². The van der Waals surface area contributed by atoms with Gasteiger partial charge >= 0.3 is 0 Å². The van der Waals surface area contributed by atoms with Crippen molar-refractivity contribution in [2.45, 2.75) is 6.42 Å². The molecule has 2 N–H and O–H groups in total. The summed E-state index contributed by atoms with van der Waals surface area (Å²) in [5, 5.41) is 2.18. The number of halogens is 5. The Labute approximate surface area is 104 Å². The van der Waals surface area contributed by atoms with Crippen molar-refractivity contribution in [1.82, 2.24) is 9.97 Å². The van der Waals surface area contributed by atoms with Crippen molar-refractivity contribution in [3.05, 3.63) is 47.3 Å². The number of nitrogens with zero attached hydrogens (tertiary/aromatic N) is 1. The van der Waals surface area contributed by atoms with Crippen LogP contribution in [-0.2, 0) is 6.42 Å². The predicted octanol–water partition coefficient (Wildman–Crippen LogP) is 2.76. The minimum atomic E-state index is -2.17. The molecule has 3 nitrogen and oxygen atoms in total. The molecule has 0 unspecified atom stereocenters. The Bertz CT molecular complexity index is 554. The lowest BCUT2D eigenvalue weighted by Crippen LogP contribution is -2.12. The van der Waals surface area contributed by atoms with E-state index < -0.39 is 34.8 Å². The summed E-state index contributed by atoms with van der Waals surface area (Å²) in [6.07, 6.45) is 3.19. The first kappa shape index (κ1) is 13.3. The summed E-state index contributed by atoms with van der Waals surface area (Å²) >= 11 is 0. The van der Waals surface area contributed by atoms with Gasteiger partial charge in [-0.3, -0.25) is 0 Å². The molecule has 0 aliphatic rings. The van der Waals surface area contributed by atoms with Crippen LogP contribution >= 0.6 is 0 Å². The minimum absolute atomic E-state index is 0.0133. The lowest BCUT2D eigenvalue weighted by Gasteiger charge is -2.10. The number of rotatable bonds is 4. The van der Waals surface area contributed by atoms with E-state index in [0.717, 1.165) is 0 Å². The van der Waals surface area contributed by atoms with Crippen molar-refractivity contribution in [2.75, 3.05) is 11.9 Å². The standard InChI is InChI=1S/C11H8F5N3/c12-6-7(13)9(15)11(10(16)8(6)14)18-2-1-5-3-17-4-19-5/h3-4,18H,1-2H2,(H,17,19). The van der Waals surface area contributed by atoms with Crippen molar-refractivity contribution in [2.24, 2.45) is 0 Å². The number of hydrogen-bond donors (Lipinski definition) is 2. The molecule has 19 heavy (non-hydrogen) atoms. The number of nitrogens with one attached hydrogen (secondary N) is 2. The van der Waals surface area contributed by atoms with Gasteiger partial charge in [0.2, 0.25) is 5.82 Å². The van der Waals surface area contributed by atoms with Gasteiger partial charge in [-0.15, -0.1) is 0 Å². The second-order valence-electron chi connectivity index (χ2n) is 3.70. The summed E-state index contributed by atoms with van der Waals surface area (Å²) in [5.41, 5.74) is -0.368. The molecule has 1 heterocycles. The van der Waals surface area contributed by atoms with Gasteiger partial charge in [0.05, 0.1) is 6.33 Å². The van der Waals surface area contributed by atoms with Gasteiger partial charge in [-0.1, -0.05) is 0 Å². The number of imidazole rings is 1. The van der Waals surface area contributed by atoms with E-state index in [1.807, 2.05) is 0 Å². The smallest absolute Gasteiger partial charge is 0.200 e. The van der Waals surface area contributed by atoms with E-state index in [1.165, 1.54) is 12.5 Å². The molecule has 0 bridgehead atoms. The first-order valence-electron chi connectivity index (χ1n) is 5.25. The van der Waals surface area contributed by atoms with Crippen molar-refractivity contribution in [3.63, 3.8) is 0 Å². The highest BCUT2D eigenvalue weighted by atomic mass is 19.2. The zero-order valence-electron chi connectivity index (χ0n) is 9.41. The van der Waals surface area contributed by atoms with E-state index in [1.54, 1.807) is 0 Å². The summed E-state index contributed by atoms with van der Waals surface area (Å²) in [6, 6.07) is 0. The van der Waals surface area contributed by atoms with Crippen molar-refractivity contribution in [1.29, 1.82) is 0 Å². The molecule has 0 spiro atoms. The third-order valence-corrected chi connectivity index (χ3v) is 2.46. The van der Waals surface area contributed by atoms with Gasteiger partial charge in [0.1, 0.15) is 5.69 Å². The maximum atomic E-state index is 13.3. The number of anilines is 1. The van der Waals surface area contributed by atoms with Crippen molar-refractivity contribution < 1.29 is 22.0 Å². The molecule has 102 valence electrons. The highest BCUT2D eigenvalue weighted by Crippen LogP contribution is 2.26. The molecule has 8 heteroatoms. The zero-order chi connectivity index (χ0) is 14.0. The molecule has 0 aliphatic heterocycles. The molecule has 0 aliphatic carbocycles. The highest BCUT2D eigenvalue weighted by Gasteiger charge is 2.25. The molecule has 0 atom stereocenters. The maximum Gasteiger partial charge on any atom is 0.200 e. The first-order chi connectivity index (χ1) is 9.02. The Kier molecular flexibility index (Phi) is 3.68. The highest BCUT2D eigenvalue weighted by molar-refractivity contribution is 5.47. The van der Waals surface area contributed by atoms with Gasteiger partial charge in [0.15, 0.2) is 23.3 Å². The fourth-order valence-electron chi connectivity index (χ4n) is 1.50. The Morgan fingerprint density at radius 1 is 0.947 bits per heavy atom. The summed E-state index contributed by atoms with van der Waals surface area (Å²) in [6.45, 7) is -0.0133. The van der Waals surface area contributed by atoms with Gasteiger partial charge in [0.25, 0.3) is 0 Å². The minimum Gasteiger partial charge on any atom is -0.380 e. The largest absolute Gasteiger partial charge is 0.380 e. The molecule has 0 saturated carbocycles. The van der Waals surface area contributed by atoms with Crippen LogP contribution in [0, 0.1) is 29.1 Å². The van der Waals surface area contributed by atoms with E-state index in [9.17, 15) is 22.0 Å². The molecule has 2 rings (SSSR count). The van der Waals surface area contributed by atoms with Gasteiger partial charge in [-0.05, 0) is 0 Å². The van der Waals surface area contributed by atoms with E-state index in [4.69, 9.17) is 0 Å². The quantitative estimate of drug-likeness (QED) is 0.512. The third-order valence-electron chi connectivity index (χ3n) is 2.46. The molecule has 0 amide bonds. The molecule has 0 radical (unpaired) electrons. The van der Waals surface area contributed by atoms with Crippen LogP contribution < -0.4 is 5.32 Å². The molecular weight excluding hydrogens is 269 g/mol. The number of H-pyrrole nitrogens is 1. The monoisotopic (exact) mass is 277 g/mol. The number of aromatic amines is 1. The second-order valence-corrected chi connectivity index (χ2v) is 3.70. The summed E-state index contributed by atoms with van der Waals surface area (Å²) in [7, 11) is 0. The van der Waals surface area contributed by atoms with E-state index in [-0.39, 0.29) is 6.54 Å². The summed E-state index contributed by atoms with van der Waals surface area (Å²) < 4.78 is 65.1. The number of benzene rings is 1. The van der Waals surface area contributed by atoms with E-state index in [0.29, 0.717) is 12.1 Å². The fraction of sp³-hybridized carbons (Fsp3) is 0.182. The summed E-state index contributed by atoms with van der Waals surface area (Å²) in [4.78, 5) is 6.46. The van der Waals surface area contributed by atoms with Crippen LogP contribution in [0.1, 0.15) is 5.69 Å². The van der Waals surface area contributed by atoms with Crippen LogP contribution in [0.4, 0.5) is 27.6 Å². The van der Waals surface area contributed by atoms with Crippen molar-refractivity contribution in [3.8, 4) is 0 Å². The zero-order valence-corrected chi connectivity index (χ0v) is 9.41. The van der Waals surface area contributed by atoms with Crippen LogP contribution in [0.5, 0.6) is 0 Å². The Morgan fingerprint density at radius 3 is 2.05 bits per heavy atom. The van der Waals surface area contributed by atoms with Gasteiger partial charge in [0, 0.05) is 24.9 Å². The summed E-state index contributed by atoms with van der Waals surface area (Å²) in [5.74, 6) is -9.86. The predicted molar refractivity (Wildman–Crippen MR) is 57.0 cm³/mol. The molecular formula is C11H8F5N3. The van der Waals surface area contributed by atoms with Gasteiger partial charge in [-0.2, -0.15) is 0 Å². The number of aromatic nitrogens is 2. The first-order valence-corrected chi connectivity index (χ1v) is 5.25. The number of hydrogen-bond acceptors (Lipinski definition) is 2. The van der Waals surface area contributed by atoms with E-state index in [2.05, 4.69) is 15.3 Å². The molecule has 1 aromatic heterocycles. The van der Waals surface area contributed by atoms with E-state index >= 15 is 0 Å². The van der Waals surface area contributed by atoms with Crippen LogP contribution in [-0.4, -0.2) is 16.5 Å². The Hall–Kier alpha value is -2.12. The average Bonchev–Trinajstić information content (AvgIpc) is 2.91. The van der Waals surface area contributed by atoms with Crippen LogP contribution in [0.15, 0.2) is 12.5 Å². The second kappa shape index (κ2) is 5.25. The normalized spacial score (nSPS) is 10.8. The maximum absolute atomic E-state index is 13.3. The average molecular weight is 277 g/mol. The third kappa shape index (κ3) is 2.51. The van der Waals surface area contributed by atoms with Gasteiger partial charge < -0.3 is 10.3 Å². The molecule has 0 fully saturated rings. The van der Waals surface area contributed by atoms with Crippen LogP contribution in [0.25, 0.3) is 0 Å². The topological polar surface area (TPSA) is 40.7 Å². The Balaban J connectivity index is 2.16. The SMILES string of the molecule is Fc1c(F)c(F)c(NCCc2cnc[nH]2)c(F)c1F. The van der Waals surface area contributed by atoms with Crippen LogP contribution in [0.2, 0.25) is 0 Å². The van der Waals surface area contributed by atoms with Crippen molar-refractivity contribution >= 4 is 5.69 Å². The molecule has 0 saturated heterocycles. The Morgan fingerprint density at radius 2 is 1.53 bits per heavy atom.